The molecule has 0 spiro atoms. The Balaban J connectivity index is 0.000000220. The fourth-order valence-corrected chi connectivity index (χ4v) is 2.26. The summed E-state index contributed by atoms with van der Waals surface area (Å²) in [6.45, 7) is 0. The minimum absolute atomic E-state index is 0.00463. The highest BCUT2D eigenvalue weighted by atomic mass is 35.5. The maximum Gasteiger partial charge on any atom is 0.372 e. The molecule has 0 fully saturated rings. The predicted octanol–water partition coefficient (Wildman–Crippen LogP) is 3.11. The number of hydrogen-bond donors (Lipinski definition) is 1. The number of pyridine rings is 1. The summed E-state index contributed by atoms with van der Waals surface area (Å²) in [5.74, 6) is -0.813. The van der Waals surface area contributed by atoms with E-state index in [9.17, 15) is 13.2 Å². The van der Waals surface area contributed by atoms with Crippen molar-refractivity contribution in [2.24, 2.45) is 0 Å². The Morgan fingerprint density at radius 1 is 1.18 bits per heavy atom. The van der Waals surface area contributed by atoms with Gasteiger partial charge in [0.25, 0.3) is 0 Å². The van der Waals surface area contributed by atoms with Gasteiger partial charge in [0.2, 0.25) is 0 Å². The molecule has 22 heavy (non-hydrogen) atoms. The Hall–Kier alpha value is -1.67. The fourth-order valence-electron chi connectivity index (χ4n) is 1.26. The molecule has 0 aliphatic heterocycles. The standard InChI is InChI=1S/C7H5ClO3.C6H6ClNO2S/c8-6-3-1-2-5(4-6)7(9)11-10;1-11(9,10)6-4-2-3-5(7)8-6/h1-4,10H;2-4H,1H3. The third kappa shape index (κ3) is 5.98. The fraction of sp³-hybridized carbons (Fsp3) is 0.0769. The Bertz CT molecular complexity index is 765. The summed E-state index contributed by atoms with van der Waals surface area (Å²) in [6, 6.07) is 10.6. The quantitative estimate of drug-likeness (QED) is 0.500. The second kappa shape index (κ2) is 8.09. The maximum absolute atomic E-state index is 10.9. The molecule has 0 aliphatic rings. The summed E-state index contributed by atoms with van der Waals surface area (Å²) >= 11 is 11.0. The zero-order chi connectivity index (χ0) is 16.8. The maximum atomic E-state index is 10.9. The molecule has 1 N–H and O–H groups in total. The highest BCUT2D eigenvalue weighted by Gasteiger charge is 2.07. The summed E-state index contributed by atoms with van der Waals surface area (Å²) in [5, 5.41) is 8.60. The van der Waals surface area contributed by atoms with Crippen molar-refractivity contribution in [3.05, 3.63) is 58.2 Å². The number of aromatic nitrogens is 1. The lowest BCUT2D eigenvalue weighted by Crippen LogP contribution is -2.00. The average Bonchev–Trinajstić information content (AvgIpc) is 2.46. The molecule has 0 radical (unpaired) electrons. The van der Waals surface area contributed by atoms with Crippen molar-refractivity contribution in [1.82, 2.24) is 4.98 Å². The van der Waals surface area contributed by atoms with E-state index in [1.807, 2.05) is 0 Å². The van der Waals surface area contributed by atoms with Crippen LogP contribution in [0.15, 0.2) is 47.5 Å². The monoisotopic (exact) mass is 363 g/mol. The molecule has 6 nitrogen and oxygen atoms in total. The van der Waals surface area contributed by atoms with Gasteiger partial charge in [-0.3, -0.25) is 4.89 Å². The largest absolute Gasteiger partial charge is 0.372 e. The Morgan fingerprint density at radius 3 is 2.27 bits per heavy atom. The lowest BCUT2D eigenvalue weighted by atomic mass is 10.2. The third-order valence-electron chi connectivity index (χ3n) is 2.21. The highest BCUT2D eigenvalue weighted by molar-refractivity contribution is 7.90. The van der Waals surface area contributed by atoms with Crippen LogP contribution in [0.5, 0.6) is 0 Å². The van der Waals surface area contributed by atoms with Crippen molar-refractivity contribution in [3.8, 4) is 0 Å². The first-order chi connectivity index (χ1) is 10.2. The molecule has 0 aliphatic carbocycles. The van der Waals surface area contributed by atoms with Crippen molar-refractivity contribution in [1.29, 1.82) is 0 Å². The molecule has 2 aromatic rings. The highest BCUT2D eigenvalue weighted by Crippen LogP contribution is 2.11. The van der Waals surface area contributed by atoms with Gasteiger partial charge in [-0.1, -0.05) is 35.3 Å². The molecule has 0 saturated carbocycles. The SMILES string of the molecule is CS(=O)(=O)c1cccc(Cl)n1.O=C(OO)c1cccc(Cl)c1. The van der Waals surface area contributed by atoms with Gasteiger partial charge in [0.1, 0.15) is 5.15 Å². The number of carbonyl (C=O) groups excluding carboxylic acids is 1. The van der Waals surface area contributed by atoms with Gasteiger partial charge in [-0.05, 0) is 30.3 Å². The summed E-state index contributed by atoms with van der Waals surface area (Å²) in [7, 11) is -3.22. The normalized spacial score (nSPS) is 10.4. The molecule has 0 atom stereocenters. The molecular weight excluding hydrogens is 353 g/mol. The Labute approximate surface area is 137 Å². The van der Waals surface area contributed by atoms with Crippen molar-refractivity contribution in [2.75, 3.05) is 6.26 Å². The van der Waals surface area contributed by atoms with Crippen LogP contribution in [0.25, 0.3) is 0 Å². The van der Waals surface area contributed by atoms with Crippen molar-refractivity contribution < 1.29 is 23.4 Å². The number of halogens is 2. The summed E-state index contributed by atoms with van der Waals surface area (Å²) < 4.78 is 21.7. The van der Waals surface area contributed by atoms with E-state index in [4.69, 9.17) is 28.5 Å². The van der Waals surface area contributed by atoms with E-state index in [0.29, 0.717) is 5.02 Å². The van der Waals surface area contributed by atoms with Crippen molar-refractivity contribution >= 4 is 39.0 Å². The van der Waals surface area contributed by atoms with Crippen LogP contribution in [0.1, 0.15) is 10.4 Å². The minimum atomic E-state index is -3.22. The molecular formula is C13H11Cl2NO5S. The number of nitrogens with zero attached hydrogens (tertiary/aromatic N) is 1. The van der Waals surface area contributed by atoms with E-state index < -0.39 is 15.8 Å². The van der Waals surface area contributed by atoms with Crippen molar-refractivity contribution in [2.45, 2.75) is 5.03 Å². The Kier molecular flexibility index (Phi) is 6.76. The molecule has 118 valence electrons. The van der Waals surface area contributed by atoms with Crippen LogP contribution < -0.4 is 0 Å². The molecule has 0 bridgehead atoms. The van der Waals surface area contributed by atoms with E-state index in [1.54, 1.807) is 18.2 Å². The lowest BCUT2D eigenvalue weighted by molar-refractivity contribution is -0.182. The van der Waals surface area contributed by atoms with Gasteiger partial charge in [0.05, 0.1) is 5.56 Å². The number of benzene rings is 1. The van der Waals surface area contributed by atoms with Crippen LogP contribution in [-0.2, 0) is 14.7 Å². The molecule has 0 unspecified atom stereocenters. The van der Waals surface area contributed by atoms with Crippen molar-refractivity contribution in [3.63, 3.8) is 0 Å². The number of carbonyl (C=O) groups is 1. The van der Waals surface area contributed by atoms with E-state index >= 15 is 0 Å². The molecule has 0 amide bonds. The molecule has 1 heterocycles. The van der Waals surface area contributed by atoms with Crippen LogP contribution >= 0.6 is 23.2 Å². The average molecular weight is 364 g/mol. The smallest absolute Gasteiger partial charge is 0.296 e. The van der Waals surface area contributed by atoms with Crippen LogP contribution in [0.2, 0.25) is 10.2 Å². The first-order valence-electron chi connectivity index (χ1n) is 5.68. The van der Waals surface area contributed by atoms with E-state index in [2.05, 4.69) is 9.87 Å². The number of sulfone groups is 1. The zero-order valence-electron chi connectivity index (χ0n) is 11.2. The minimum Gasteiger partial charge on any atom is -0.296 e. The molecule has 1 aromatic carbocycles. The van der Waals surface area contributed by atoms with Crippen LogP contribution in [0.4, 0.5) is 0 Å². The molecule has 0 saturated heterocycles. The third-order valence-corrected chi connectivity index (χ3v) is 3.65. The Morgan fingerprint density at radius 2 is 1.82 bits per heavy atom. The number of hydrogen-bond acceptors (Lipinski definition) is 6. The van der Waals surface area contributed by atoms with Gasteiger partial charge in [0.15, 0.2) is 14.9 Å². The predicted molar refractivity (Wildman–Crippen MR) is 81.9 cm³/mol. The van der Waals surface area contributed by atoms with Gasteiger partial charge >= 0.3 is 5.97 Å². The van der Waals surface area contributed by atoms with E-state index in [0.717, 1.165) is 6.26 Å². The van der Waals surface area contributed by atoms with Gasteiger partial charge in [0, 0.05) is 11.3 Å². The second-order valence-electron chi connectivity index (χ2n) is 3.96. The van der Waals surface area contributed by atoms with Gasteiger partial charge < -0.3 is 0 Å². The number of rotatable bonds is 2. The summed E-state index contributed by atoms with van der Waals surface area (Å²) in [5.41, 5.74) is 0.222. The lowest BCUT2D eigenvalue weighted by Gasteiger charge is -1.95. The van der Waals surface area contributed by atoms with E-state index in [-0.39, 0.29) is 15.7 Å². The second-order valence-corrected chi connectivity index (χ2v) is 6.75. The van der Waals surface area contributed by atoms with Crippen LogP contribution in [0.3, 0.4) is 0 Å². The molecule has 2 rings (SSSR count). The molecule has 1 aromatic heterocycles. The van der Waals surface area contributed by atoms with Crippen LogP contribution in [-0.4, -0.2) is 30.9 Å². The summed E-state index contributed by atoms with van der Waals surface area (Å²) in [6.07, 6.45) is 1.09. The first kappa shape index (κ1) is 18.4. The topological polar surface area (TPSA) is 93.6 Å². The first-order valence-corrected chi connectivity index (χ1v) is 8.32. The van der Waals surface area contributed by atoms with E-state index in [1.165, 1.54) is 24.3 Å². The zero-order valence-corrected chi connectivity index (χ0v) is 13.6. The van der Waals surface area contributed by atoms with Crippen LogP contribution in [0, 0.1) is 0 Å². The van der Waals surface area contributed by atoms with Gasteiger partial charge in [-0.15, -0.1) is 0 Å². The van der Waals surface area contributed by atoms with Gasteiger partial charge in [-0.2, -0.15) is 5.26 Å². The summed E-state index contributed by atoms with van der Waals surface area (Å²) in [4.78, 5) is 17.8. The molecule has 9 heteroatoms. The van der Waals surface area contributed by atoms with Gasteiger partial charge in [-0.25, -0.2) is 18.2 Å².